The minimum atomic E-state index is 0.476. The largest absolute Gasteiger partial charge is 0.463 e. The van der Waals surface area contributed by atoms with Crippen molar-refractivity contribution in [3.05, 3.63) is 60.5 Å². The quantitative estimate of drug-likeness (QED) is 0.425. The topological polar surface area (TPSA) is 67.4 Å². The number of thiocarbonyl (C=S) groups is 1. The molecule has 122 valence electrons. The van der Waals surface area contributed by atoms with Gasteiger partial charge in [0.15, 0.2) is 10.9 Å². The SMILES string of the molecule is CCNC(=S)N/N=C\c1cn(-c2ccccc2)nc1-c1ccco1. The second-order valence-corrected chi connectivity index (χ2v) is 5.33. The molecule has 0 saturated heterocycles. The van der Waals surface area contributed by atoms with E-state index in [0.717, 1.165) is 17.8 Å². The molecule has 0 aliphatic heterocycles. The molecule has 24 heavy (non-hydrogen) atoms. The average molecular weight is 339 g/mol. The molecular weight excluding hydrogens is 322 g/mol. The normalized spacial score (nSPS) is 10.9. The van der Waals surface area contributed by atoms with Crippen LogP contribution in [-0.2, 0) is 0 Å². The van der Waals surface area contributed by atoms with Crippen LogP contribution in [0.2, 0.25) is 0 Å². The van der Waals surface area contributed by atoms with Gasteiger partial charge in [-0.05, 0) is 43.4 Å². The van der Waals surface area contributed by atoms with Crippen LogP contribution in [0.5, 0.6) is 0 Å². The van der Waals surface area contributed by atoms with Crippen molar-refractivity contribution >= 4 is 23.5 Å². The Morgan fingerprint density at radius 2 is 2.12 bits per heavy atom. The van der Waals surface area contributed by atoms with Crippen LogP contribution in [0, 0.1) is 0 Å². The summed E-state index contributed by atoms with van der Waals surface area (Å²) in [6.45, 7) is 2.71. The van der Waals surface area contributed by atoms with E-state index in [1.54, 1.807) is 17.2 Å². The molecule has 0 aliphatic rings. The van der Waals surface area contributed by atoms with Gasteiger partial charge in [-0.3, -0.25) is 5.43 Å². The molecule has 0 unspecified atom stereocenters. The molecule has 2 aromatic heterocycles. The number of nitrogens with one attached hydrogen (secondary N) is 2. The van der Waals surface area contributed by atoms with Gasteiger partial charge in [-0.1, -0.05) is 18.2 Å². The van der Waals surface area contributed by atoms with E-state index in [0.29, 0.717) is 16.6 Å². The molecule has 3 rings (SSSR count). The van der Waals surface area contributed by atoms with Gasteiger partial charge in [0, 0.05) is 18.3 Å². The Hall–Kier alpha value is -2.93. The van der Waals surface area contributed by atoms with Gasteiger partial charge >= 0.3 is 0 Å². The van der Waals surface area contributed by atoms with Gasteiger partial charge in [0.05, 0.1) is 18.2 Å². The highest BCUT2D eigenvalue weighted by atomic mass is 32.1. The first kappa shape index (κ1) is 15.9. The Balaban J connectivity index is 1.90. The predicted octanol–water partition coefficient (Wildman–Crippen LogP) is 2.95. The number of aromatic nitrogens is 2. The Morgan fingerprint density at radius 3 is 2.83 bits per heavy atom. The van der Waals surface area contributed by atoms with Crippen LogP contribution >= 0.6 is 12.2 Å². The first-order valence-electron chi connectivity index (χ1n) is 7.54. The predicted molar refractivity (Wildman–Crippen MR) is 98.3 cm³/mol. The lowest BCUT2D eigenvalue weighted by atomic mass is 10.2. The molecule has 0 bridgehead atoms. The second-order valence-electron chi connectivity index (χ2n) is 4.92. The van der Waals surface area contributed by atoms with E-state index in [1.807, 2.05) is 55.6 Å². The van der Waals surface area contributed by atoms with Gasteiger partial charge in [-0.25, -0.2) is 4.68 Å². The zero-order valence-corrected chi connectivity index (χ0v) is 14.0. The van der Waals surface area contributed by atoms with Crippen molar-refractivity contribution in [1.82, 2.24) is 20.5 Å². The summed E-state index contributed by atoms with van der Waals surface area (Å²) < 4.78 is 7.27. The fraction of sp³-hybridized carbons (Fsp3) is 0.118. The molecule has 3 aromatic rings. The molecular formula is C17H17N5OS. The zero-order chi connectivity index (χ0) is 16.8. The minimum Gasteiger partial charge on any atom is -0.463 e. The van der Waals surface area contributed by atoms with E-state index in [4.69, 9.17) is 16.6 Å². The number of benzene rings is 1. The monoisotopic (exact) mass is 339 g/mol. The first-order valence-corrected chi connectivity index (χ1v) is 7.94. The fourth-order valence-electron chi connectivity index (χ4n) is 2.16. The van der Waals surface area contributed by atoms with Crippen molar-refractivity contribution in [2.75, 3.05) is 6.54 Å². The number of hydrazone groups is 1. The van der Waals surface area contributed by atoms with E-state index < -0.39 is 0 Å². The number of hydrogen-bond acceptors (Lipinski definition) is 4. The third-order valence-electron chi connectivity index (χ3n) is 3.22. The van der Waals surface area contributed by atoms with Crippen LogP contribution in [0.3, 0.4) is 0 Å². The Morgan fingerprint density at radius 1 is 1.29 bits per heavy atom. The van der Waals surface area contributed by atoms with Crippen molar-refractivity contribution in [2.24, 2.45) is 5.10 Å². The molecule has 2 N–H and O–H groups in total. The van der Waals surface area contributed by atoms with Gasteiger partial charge in [-0.2, -0.15) is 10.2 Å². The maximum absolute atomic E-state index is 5.48. The Kier molecular flexibility index (Phi) is 5.02. The lowest BCUT2D eigenvalue weighted by Gasteiger charge is -2.02. The lowest BCUT2D eigenvalue weighted by Crippen LogP contribution is -2.31. The van der Waals surface area contributed by atoms with E-state index in [9.17, 15) is 0 Å². The molecule has 1 aromatic carbocycles. The number of para-hydroxylation sites is 1. The van der Waals surface area contributed by atoms with Crippen LogP contribution in [-0.4, -0.2) is 27.7 Å². The summed E-state index contributed by atoms with van der Waals surface area (Å²) in [5, 5.41) is 12.2. The molecule has 0 aliphatic carbocycles. The van der Waals surface area contributed by atoms with Gasteiger partial charge < -0.3 is 9.73 Å². The smallest absolute Gasteiger partial charge is 0.186 e. The highest BCUT2D eigenvalue weighted by molar-refractivity contribution is 7.80. The highest BCUT2D eigenvalue weighted by Gasteiger charge is 2.13. The summed E-state index contributed by atoms with van der Waals surface area (Å²) in [7, 11) is 0. The van der Waals surface area contributed by atoms with E-state index in [2.05, 4.69) is 20.9 Å². The summed E-state index contributed by atoms with van der Waals surface area (Å²) in [6, 6.07) is 13.6. The van der Waals surface area contributed by atoms with Crippen molar-refractivity contribution in [3.8, 4) is 17.1 Å². The third-order valence-corrected chi connectivity index (χ3v) is 3.46. The second kappa shape index (κ2) is 7.56. The number of nitrogens with zero attached hydrogens (tertiary/aromatic N) is 3. The average Bonchev–Trinajstić information content (AvgIpc) is 3.25. The van der Waals surface area contributed by atoms with Gasteiger partial charge in [0.25, 0.3) is 0 Å². The highest BCUT2D eigenvalue weighted by Crippen LogP contribution is 2.22. The summed E-state index contributed by atoms with van der Waals surface area (Å²) >= 11 is 5.09. The van der Waals surface area contributed by atoms with Crippen molar-refractivity contribution in [1.29, 1.82) is 0 Å². The Labute approximate surface area is 145 Å². The summed E-state index contributed by atoms with van der Waals surface area (Å²) in [6.07, 6.45) is 5.19. The fourth-order valence-corrected chi connectivity index (χ4v) is 2.36. The molecule has 0 fully saturated rings. The molecule has 0 saturated carbocycles. The van der Waals surface area contributed by atoms with Gasteiger partial charge in [0.1, 0.15) is 5.69 Å². The van der Waals surface area contributed by atoms with E-state index in [-0.39, 0.29) is 0 Å². The molecule has 6 nitrogen and oxygen atoms in total. The minimum absolute atomic E-state index is 0.476. The summed E-state index contributed by atoms with van der Waals surface area (Å²) in [4.78, 5) is 0. The van der Waals surface area contributed by atoms with Crippen molar-refractivity contribution in [2.45, 2.75) is 6.92 Å². The van der Waals surface area contributed by atoms with E-state index >= 15 is 0 Å². The molecule has 0 amide bonds. The standard InChI is InChI=1S/C17H17N5OS/c1-2-18-17(24)20-19-11-13-12-22(14-7-4-3-5-8-14)21-16(13)15-9-6-10-23-15/h3-12H,2H2,1H3,(H2,18,20,24)/b19-11-. The van der Waals surface area contributed by atoms with Crippen molar-refractivity contribution < 1.29 is 4.42 Å². The lowest BCUT2D eigenvalue weighted by molar-refractivity contribution is 0.579. The maximum Gasteiger partial charge on any atom is 0.186 e. The van der Waals surface area contributed by atoms with Gasteiger partial charge in [0.2, 0.25) is 0 Å². The Bertz CT molecular complexity index is 824. The number of furan rings is 1. The molecule has 7 heteroatoms. The molecule has 2 heterocycles. The zero-order valence-electron chi connectivity index (χ0n) is 13.1. The maximum atomic E-state index is 5.48. The molecule has 0 atom stereocenters. The van der Waals surface area contributed by atoms with Crippen LogP contribution in [0.25, 0.3) is 17.1 Å². The number of rotatable bonds is 5. The number of hydrogen-bond donors (Lipinski definition) is 2. The van der Waals surface area contributed by atoms with Crippen LogP contribution in [0.15, 0.2) is 64.4 Å². The molecule has 0 radical (unpaired) electrons. The van der Waals surface area contributed by atoms with Gasteiger partial charge in [-0.15, -0.1) is 0 Å². The van der Waals surface area contributed by atoms with Crippen molar-refractivity contribution in [3.63, 3.8) is 0 Å². The van der Waals surface area contributed by atoms with Crippen LogP contribution < -0.4 is 10.7 Å². The third kappa shape index (κ3) is 3.69. The first-order chi connectivity index (χ1) is 11.8. The summed E-state index contributed by atoms with van der Waals surface area (Å²) in [5.74, 6) is 0.681. The van der Waals surface area contributed by atoms with E-state index in [1.165, 1.54) is 0 Å². The summed E-state index contributed by atoms with van der Waals surface area (Å²) in [5.41, 5.74) is 5.27. The van der Waals surface area contributed by atoms with Crippen LogP contribution in [0.1, 0.15) is 12.5 Å². The molecule has 0 spiro atoms. The van der Waals surface area contributed by atoms with Crippen LogP contribution in [0.4, 0.5) is 0 Å².